The minimum absolute atomic E-state index is 0.0560. The Labute approximate surface area is 196 Å². The van der Waals surface area contributed by atoms with E-state index in [1.807, 2.05) is 48.7 Å². The Bertz CT molecular complexity index is 1210. The topological polar surface area (TPSA) is 99.8 Å². The third kappa shape index (κ3) is 6.43. The van der Waals surface area contributed by atoms with E-state index in [1.54, 1.807) is 18.2 Å². The van der Waals surface area contributed by atoms with Crippen molar-refractivity contribution in [1.82, 2.24) is 20.5 Å². The summed E-state index contributed by atoms with van der Waals surface area (Å²) in [6.07, 6.45) is 4.03. The normalized spacial score (nSPS) is 10.8. The van der Waals surface area contributed by atoms with Crippen molar-refractivity contribution in [2.75, 3.05) is 17.6 Å². The van der Waals surface area contributed by atoms with Gasteiger partial charge in [-0.25, -0.2) is 0 Å². The van der Waals surface area contributed by atoms with Crippen LogP contribution in [0.5, 0.6) is 0 Å². The van der Waals surface area contributed by atoms with Crippen molar-refractivity contribution < 1.29 is 9.59 Å². The van der Waals surface area contributed by atoms with Gasteiger partial charge in [0, 0.05) is 41.4 Å². The fraction of sp³-hybridized carbons (Fsp3) is 0.200. The number of hydrogen-bond donors (Lipinski definition) is 3. The van der Waals surface area contributed by atoms with E-state index >= 15 is 0 Å². The first-order chi connectivity index (χ1) is 16.2. The molecular formula is C25H25N5O2S. The Morgan fingerprint density at radius 1 is 0.939 bits per heavy atom. The van der Waals surface area contributed by atoms with Crippen LogP contribution in [-0.2, 0) is 11.2 Å². The molecule has 3 N–H and O–H groups in total. The van der Waals surface area contributed by atoms with Crippen LogP contribution in [0.25, 0.3) is 10.9 Å². The molecule has 0 fully saturated rings. The molecule has 0 saturated heterocycles. The molecule has 0 atom stereocenters. The highest BCUT2D eigenvalue weighted by Gasteiger charge is 2.08. The number of benzene rings is 2. The lowest BCUT2D eigenvalue weighted by atomic mass is 10.1. The zero-order chi connectivity index (χ0) is 22.9. The number of rotatable bonds is 10. The Hall–Kier alpha value is -3.65. The molecule has 0 saturated carbocycles. The van der Waals surface area contributed by atoms with Gasteiger partial charge in [-0.1, -0.05) is 36.4 Å². The largest absolute Gasteiger partial charge is 0.361 e. The van der Waals surface area contributed by atoms with Gasteiger partial charge >= 0.3 is 0 Å². The number of carbonyl (C=O) groups excluding carboxylic acids is 2. The second kappa shape index (κ2) is 11.3. The lowest BCUT2D eigenvalue weighted by Gasteiger charge is -2.06. The minimum Gasteiger partial charge on any atom is -0.361 e. The highest BCUT2D eigenvalue weighted by Crippen LogP contribution is 2.19. The molecule has 0 aliphatic rings. The average molecular weight is 460 g/mol. The minimum atomic E-state index is -0.221. The summed E-state index contributed by atoms with van der Waals surface area (Å²) in [5, 5.41) is 15.9. The lowest BCUT2D eigenvalue weighted by molar-refractivity contribution is -0.121. The molecule has 0 spiro atoms. The number of thioether (sulfide) groups is 1. The molecule has 2 amide bonds. The van der Waals surface area contributed by atoms with E-state index in [4.69, 9.17) is 0 Å². The Morgan fingerprint density at radius 2 is 1.76 bits per heavy atom. The first kappa shape index (κ1) is 22.5. The number of anilines is 1. The summed E-state index contributed by atoms with van der Waals surface area (Å²) in [4.78, 5) is 27.5. The summed E-state index contributed by atoms with van der Waals surface area (Å²) in [6, 6.07) is 20.7. The number of fused-ring (bicyclic) bond motifs is 1. The number of aromatic nitrogens is 3. The van der Waals surface area contributed by atoms with Gasteiger partial charge < -0.3 is 15.6 Å². The van der Waals surface area contributed by atoms with Gasteiger partial charge in [-0.2, -0.15) is 0 Å². The van der Waals surface area contributed by atoms with E-state index < -0.39 is 0 Å². The molecule has 2 aromatic heterocycles. The molecule has 0 radical (unpaired) electrons. The number of para-hydroxylation sites is 1. The Morgan fingerprint density at radius 3 is 2.58 bits per heavy atom. The monoisotopic (exact) mass is 459 g/mol. The van der Waals surface area contributed by atoms with Crippen LogP contribution in [0.4, 0.5) is 5.82 Å². The molecule has 2 aromatic carbocycles. The maximum atomic E-state index is 12.1. The van der Waals surface area contributed by atoms with Gasteiger partial charge in [-0.3, -0.25) is 9.59 Å². The molecule has 0 bridgehead atoms. The second-order valence-corrected chi connectivity index (χ2v) is 8.60. The van der Waals surface area contributed by atoms with Crippen LogP contribution in [-0.4, -0.2) is 39.3 Å². The Kier molecular flexibility index (Phi) is 7.71. The third-order valence-electron chi connectivity index (χ3n) is 5.11. The molecule has 2 heterocycles. The second-order valence-electron chi connectivity index (χ2n) is 7.49. The van der Waals surface area contributed by atoms with E-state index in [0.717, 1.165) is 29.1 Å². The van der Waals surface area contributed by atoms with Crippen LogP contribution in [0.1, 0.15) is 28.8 Å². The third-order valence-corrected chi connectivity index (χ3v) is 6.11. The van der Waals surface area contributed by atoms with Crippen molar-refractivity contribution in [3.05, 3.63) is 84.1 Å². The van der Waals surface area contributed by atoms with Crippen molar-refractivity contribution in [1.29, 1.82) is 0 Å². The molecule has 33 heavy (non-hydrogen) atoms. The molecule has 8 heteroatoms. The Balaban J connectivity index is 1.12. The van der Waals surface area contributed by atoms with E-state index in [2.05, 4.69) is 31.9 Å². The zero-order valence-electron chi connectivity index (χ0n) is 18.1. The van der Waals surface area contributed by atoms with Gasteiger partial charge in [0.05, 0.1) is 0 Å². The van der Waals surface area contributed by atoms with Gasteiger partial charge in [0.1, 0.15) is 5.03 Å². The quantitative estimate of drug-likeness (QED) is 0.240. The molecule has 7 nitrogen and oxygen atoms in total. The number of hydrogen-bond acceptors (Lipinski definition) is 5. The summed E-state index contributed by atoms with van der Waals surface area (Å²) in [5.74, 6) is 1.00. The summed E-state index contributed by atoms with van der Waals surface area (Å²) in [6.45, 7) is 0.620. The first-order valence-corrected chi connectivity index (χ1v) is 11.8. The fourth-order valence-corrected chi connectivity index (χ4v) is 4.18. The maximum absolute atomic E-state index is 12.1. The molecule has 0 unspecified atom stereocenters. The zero-order valence-corrected chi connectivity index (χ0v) is 18.9. The van der Waals surface area contributed by atoms with Gasteiger partial charge in [0.25, 0.3) is 5.91 Å². The standard InChI is InChI=1S/C25H25N5O2S/c31-23(26-15-14-19-17-27-21-10-5-4-9-20(19)21)11-6-16-33-24-13-12-22(29-30-24)28-25(32)18-7-2-1-3-8-18/h1-5,7-10,12-13,17,27H,6,11,14-16H2,(H,26,31)(H,28,29,32). The van der Waals surface area contributed by atoms with Crippen LogP contribution in [0.2, 0.25) is 0 Å². The van der Waals surface area contributed by atoms with E-state index in [-0.39, 0.29) is 11.8 Å². The lowest BCUT2D eigenvalue weighted by Crippen LogP contribution is -2.25. The number of aromatic amines is 1. The van der Waals surface area contributed by atoms with E-state index in [9.17, 15) is 9.59 Å². The average Bonchev–Trinajstić information content (AvgIpc) is 3.26. The van der Waals surface area contributed by atoms with Crippen molar-refractivity contribution in [2.24, 2.45) is 0 Å². The number of amides is 2. The smallest absolute Gasteiger partial charge is 0.256 e. The molecule has 4 rings (SSSR count). The predicted octanol–water partition coefficient (Wildman–Crippen LogP) is 4.44. The van der Waals surface area contributed by atoms with Crippen molar-refractivity contribution in [3.63, 3.8) is 0 Å². The summed E-state index contributed by atoms with van der Waals surface area (Å²) in [5.41, 5.74) is 2.89. The van der Waals surface area contributed by atoms with E-state index in [1.165, 1.54) is 22.7 Å². The first-order valence-electron chi connectivity index (χ1n) is 10.8. The number of nitrogens with zero attached hydrogens (tertiary/aromatic N) is 2. The van der Waals surface area contributed by atoms with Gasteiger partial charge in [-0.15, -0.1) is 22.0 Å². The highest BCUT2D eigenvalue weighted by molar-refractivity contribution is 7.99. The predicted molar refractivity (Wildman–Crippen MR) is 131 cm³/mol. The van der Waals surface area contributed by atoms with Crippen LogP contribution in [0.3, 0.4) is 0 Å². The summed E-state index contributed by atoms with van der Waals surface area (Å²) >= 11 is 1.54. The number of nitrogens with one attached hydrogen (secondary N) is 3. The molecular weight excluding hydrogens is 434 g/mol. The van der Waals surface area contributed by atoms with Crippen LogP contribution >= 0.6 is 11.8 Å². The SMILES string of the molecule is O=C(CCCSc1ccc(NC(=O)c2ccccc2)nn1)NCCc1c[nH]c2ccccc12. The van der Waals surface area contributed by atoms with Crippen molar-refractivity contribution >= 4 is 40.3 Å². The van der Waals surface area contributed by atoms with Crippen molar-refractivity contribution in [2.45, 2.75) is 24.3 Å². The molecule has 168 valence electrons. The fourth-order valence-electron chi connectivity index (χ4n) is 3.41. The van der Waals surface area contributed by atoms with Gasteiger partial charge in [0.15, 0.2) is 5.82 Å². The molecule has 0 aliphatic heterocycles. The van der Waals surface area contributed by atoms with Crippen LogP contribution < -0.4 is 10.6 Å². The highest BCUT2D eigenvalue weighted by atomic mass is 32.2. The molecule has 0 aliphatic carbocycles. The van der Waals surface area contributed by atoms with Gasteiger partial charge in [0.2, 0.25) is 5.91 Å². The van der Waals surface area contributed by atoms with Crippen LogP contribution in [0.15, 0.2) is 78.0 Å². The number of H-pyrrole nitrogens is 1. The maximum Gasteiger partial charge on any atom is 0.256 e. The summed E-state index contributed by atoms with van der Waals surface area (Å²) in [7, 11) is 0. The molecule has 4 aromatic rings. The summed E-state index contributed by atoms with van der Waals surface area (Å²) < 4.78 is 0. The van der Waals surface area contributed by atoms with Gasteiger partial charge in [-0.05, 0) is 48.7 Å². The number of carbonyl (C=O) groups is 2. The van der Waals surface area contributed by atoms with Crippen LogP contribution in [0, 0.1) is 0 Å². The van der Waals surface area contributed by atoms with Crippen molar-refractivity contribution in [3.8, 4) is 0 Å². The van der Waals surface area contributed by atoms with E-state index in [0.29, 0.717) is 24.3 Å².